The number of hydrogen-bond donors (Lipinski definition) is 0. The minimum absolute atomic E-state index is 0.275. The third-order valence-corrected chi connectivity index (χ3v) is 10.8. The number of thioether (sulfide) groups is 1. The predicted molar refractivity (Wildman–Crippen MR) is 102 cm³/mol. The van der Waals surface area contributed by atoms with Crippen LogP contribution in [0.5, 0.6) is 0 Å². The van der Waals surface area contributed by atoms with E-state index in [1.807, 2.05) is 11.8 Å². The van der Waals surface area contributed by atoms with Crippen LogP contribution in [0.15, 0.2) is 33.6 Å². The van der Waals surface area contributed by atoms with Gasteiger partial charge in [0.15, 0.2) is 8.32 Å². The normalized spacial score (nSPS) is 14.2. The van der Waals surface area contributed by atoms with Crippen molar-refractivity contribution in [1.29, 1.82) is 0 Å². The Labute approximate surface area is 144 Å². The molecule has 1 nitrogen and oxygen atoms in total. The Morgan fingerprint density at radius 2 is 1.86 bits per heavy atom. The zero-order chi connectivity index (χ0) is 16.1. The largest absolute Gasteiger partial charge is 0.413 e. The molecule has 0 bridgehead atoms. The van der Waals surface area contributed by atoms with Gasteiger partial charge in [0.05, 0.1) is 6.10 Å². The van der Waals surface area contributed by atoms with Crippen molar-refractivity contribution in [2.75, 3.05) is 5.75 Å². The zero-order valence-corrected chi connectivity index (χ0v) is 17.6. The molecule has 0 aliphatic carbocycles. The molecule has 1 unspecified atom stereocenters. The maximum absolute atomic E-state index is 6.61. The monoisotopic (exact) mass is 388 g/mol. The van der Waals surface area contributed by atoms with Gasteiger partial charge in [-0.1, -0.05) is 46.2 Å². The molecule has 0 saturated heterocycles. The molecule has 21 heavy (non-hydrogen) atoms. The Morgan fingerprint density at radius 1 is 1.24 bits per heavy atom. The van der Waals surface area contributed by atoms with Crippen LogP contribution in [0.2, 0.25) is 18.1 Å². The second-order valence-corrected chi connectivity index (χ2v) is 13.7. The van der Waals surface area contributed by atoms with Crippen molar-refractivity contribution in [3.05, 3.63) is 28.7 Å². The Kier molecular flexibility index (Phi) is 7.51. The van der Waals surface area contributed by atoms with Crippen LogP contribution in [-0.2, 0) is 4.43 Å². The van der Waals surface area contributed by atoms with Gasteiger partial charge in [-0.15, -0.1) is 11.8 Å². The summed E-state index contributed by atoms with van der Waals surface area (Å²) in [6.07, 6.45) is 2.67. The molecule has 1 rings (SSSR count). The molecule has 1 aromatic carbocycles. The molecule has 0 heterocycles. The van der Waals surface area contributed by atoms with Gasteiger partial charge in [0, 0.05) is 15.1 Å². The summed E-state index contributed by atoms with van der Waals surface area (Å²) in [6, 6.07) is 8.43. The second-order valence-electron chi connectivity index (χ2n) is 7.03. The Bertz CT molecular complexity index is 443. The first-order valence-corrected chi connectivity index (χ1v) is 12.4. The average molecular weight is 389 g/mol. The van der Waals surface area contributed by atoms with Crippen molar-refractivity contribution in [2.24, 2.45) is 0 Å². The highest BCUT2D eigenvalue weighted by atomic mass is 79.9. The highest BCUT2D eigenvalue weighted by Crippen LogP contribution is 2.38. The smallest absolute Gasteiger partial charge is 0.192 e. The summed E-state index contributed by atoms with van der Waals surface area (Å²) in [6.45, 7) is 13.9. The van der Waals surface area contributed by atoms with Crippen LogP contribution >= 0.6 is 27.7 Å². The van der Waals surface area contributed by atoms with Crippen LogP contribution in [0.25, 0.3) is 0 Å². The molecular formula is C17H29BrOSSi. The molecule has 1 aromatic rings. The molecular weight excluding hydrogens is 360 g/mol. The Hall–Kier alpha value is 0.227. The lowest BCUT2D eigenvalue weighted by Crippen LogP contribution is -2.44. The van der Waals surface area contributed by atoms with Gasteiger partial charge in [-0.25, -0.2) is 0 Å². The van der Waals surface area contributed by atoms with Gasteiger partial charge in [-0.05, 0) is 52.6 Å². The van der Waals surface area contributed by atoms with E-state index >= 15 is 0 Å². The summed E-state index contributed by atoms with van der Waals surface area (Å²) in [5.41, 5.74) is 0. The van der Waals surface area contributed by atoms with Crippen molar-refractivity contribution in [3.8, 4) is 0 Å². The molecule has 120 valence electrons. The van der Waals surface area contributed by atoms with Gasteiger partial charge in [-0.3, -0.25) is 0 Å². The summed E-state index contributed by atoms with van der Waals surface area (Å²) < 4.78 is 7.79. The molecule has 0 spiro atoms. The minimum atomic E-state index is -1.68. The van der Waals surface area contributed by atoms with Crippen LogP contribution < -0.4 is 0 Å². The molecule has 1 atom stereocenters. The number of hydrogen-bond acceptors (Lipinski definition) is 2. The standard InChI is InChI=1S/C17H29BrOSSi/c1-7-10-14(19-21(5,6)17(2,3)4)13-20-16-12-9-8-11-15(16)18/h8-9,11-12,14H,7,10,13H2,1-6H3. The van der Waals surface area contributed by atoms with Crippen LogP contribution in [0.1, 0.15) is 40.5 Å². The van der Waals surface area contributed by atoms with Gasteiger partial charge in [-0.2, -0.15) is 0 Å². The topological polar surface area (TPSA) is 9.23 Å². The maximum atomic E-state index is 6.61. The number of halogens is 1. The Morgan fingerprint density at radius 3 is 2.38 bits per heavy atom. The van der Waals surface area contributed by atoms with Crippen molar-refractivity contribution < 1.29 is 4.43 Å². The van der Waals surface area contributed by atoms with E-state index in [1.165, 1.54) is 15.8 Å². The molecule has 0 aromatic heterocycles. The lowest BCUT2D eigenvalue weighted by Gasteiger charge is -2.39. The summed E-state index contributed by atoms with van der Waals surface area (Å²) >= 11 is 5.52. The van der Waals surface area contributed by atoms with Gasteiger partial charge < -0.3 is 4.43 Å². The fraction of sp³-hybridized carbons (Fsp3) is 0.647. The van der Waals surface area contributed by atoms with Gasteiger partial charge in [0.25, 0.3) is 0 Å². The first-order valence-electron chi connectivity index (χ1n) is 7.72. The lowest BCUT2D eigenvalue weighted by molar-refractivity contribution is 0.192. The second kappa shape index (κ2) is 8.18. The SMILES string of the molecule is CCCC(CSc1ccccc1Br)O[Si](C)(C)C(C)(C)C. The van der Waals surface area contributed by atoms with E-state index in [2.05, 4.69) is 81.0 Å². The van der Waals surface area contributed by atoms with Crippen LogP contribution in [0, 0.1) is 0 Å². The predicted octanol–water partition coefficient (Wildman–Crippen LogP) is 6.73. The molecule has 0 aliphatic rings. The molecule has 0 radical (unpaired) electrons. The van der Waals surface area contributed by atoms with E-state index < -0.39 is 8.32 Å². The van der Waals surface area contributed by atoms with Crippen LogP contribution in [-0.4, -0.2) is 20.2 Å². The molecule has 0 amide bonds. The van der Waals surface area contributed by atoms with Gasteiger partial charge >= 0.3 is 0 Å². The average Bonchev–Trinajstić information content (AvgIpc) is 2.36. The van der Waals surface area contributed by atoms with E-state index in [0.717, 1.165) is 12.2 Å². The molecule has 0 saturated carbocycles. The first-order chi connectivity index (χ1) is 9.67. The molecule has 4 heteroatoms. The third kappa shape index (κ3) is 6.09. The zero-order valence-electron chi connectivity index (χ0n) is 14.2. The Balaban J connectivity index is 2.68. The summed E-state index contributed by atoms with van der Waals surface area (Å²) in [7, 11) is -1.68. The van der Waals surface area contributed by atoms with E-state index in [9.17, 15) is 0 Å². The first kappa shape index (κ1) is 19.3. The molecule has 0 aliphatic heterocycles. The lowest BCUT2D eigenvalue weighted by atomic mass is 10.2. The summed E-state index contributed by atoms with van der Waals surface area (Å²) in [5, 5.41) is 0.275. The van der Waals surface area contributed by atoms with Crippen molar-refractivity contribution in [1.82, 2.24) is 0 Å². The van der Waals surface area contributed by atoms with E-state index in [-0.39, 0.29) is 5.04 Å². The number of benzene rings is 1. The fourth-order valence-corrected chi connectivity index (χ4v) is 4.95. The van der Waals surface area contributed by atoms with Crippen LogP contribution in [0.4, 0.5) is 0 Å². The quantitative estimate of drug-likeness (QED) is 0.378. The van der Waals surface area contributed by atoms with E-state index in [4.69, 9.17) is 4.43 Å². The molecule has 0 fully saturated rings. The van der Waals surface area contributed by atoms with E-state index in [1.54, 1.807) is 0 Å². The summed E-state index contributed by atoms with van der Waals surface area (Å²) in [5.74, 6) is 1.03. The van der Waals surface area contributed by atoms with E-state index in [0.29, 0.717) is 6.10 Å². The van der Waals surface area contributed by atoms with Gasteiger partial charge in [0.2, 0.25) is 0 Å². The highest BCUT2D eigenvalue weighted by Gasteiger charge is 2.38. The van der Waals surface area contributed by atoms with Crippen molar-refractivity contribution in [2.45, 2.75) is 69.7 Å². The van der Waals surface area contributed by atoms with Gasteiger partial charge in [0.1, 0.15) is 0 Å². The van der Waals surface area contributed by atoms with Crippen molar-refractivity contribution >= 4 is 36.0 Å². The minimum Gasteiger partial charge on any atom is -0.413 e. The number of rotatable bonds is 7. The highest BCUT2D eigenvalue weighted by molar-refractivity contribution is 9.10. The fourth-order valence-electron chi connectivity index (χ4n) is 1.84. The third-order valence-electron chi connectivity index (χ3n) is 4.14. The summed E-state index contributed by atoms with van der Waals surface area (Å²) in [4.78, 5) is 1.30. The van der Waals surface area contributed by atoms with Crippen LogP contribution in [0.3, 0.4) is 0 Å². The maximum Gasteiger partial charge on any atom is 0.192 e. The molecule has 0 N–H and O–H groups in total. The van der Waals surface area contributed by atoms with Crippen molar-refractivity contribution in [3.63, 3.8) is 0 Å².